The van der Waals surface area contributed by atoms with Gasteiger partial charge in [0.2, 0.25) is 0 Å². The molecule has 1 aromatic carbocycles. The number of aryl methyl sites for hydroxylation is 3. The van der Waals surface area contributed by atoms with E-state index in [0.717, 1.165) is 22.3 Å². The minimum Gasteiger partial charge on any atom is -0.309 e. The number of hydrogen-bond donors (Lipinski definition) is 1. The van der Waals surface area contributed by atoms with Crippen LogP contribution >= 0.6 is 0 Å². The Bertz CT molecular complexity index is 442. The molecule has 1 N–H and O–H groups in total. The van der Waals surface area contributed by atoms with Crippen molar-refractivity contribution in [3.8, 4) is 0 Å². The third-order valence-corrected chi connectivity index (χ3v) is 3.93. The minimum absolute atomic E-state index is 0.216. The summed E-state index contributed by atoms with van der Waals surface area (Å²) in [5.74, 6) is -1.28. The van der Waals surface area contributed by atoms with Crippen molar-refractivity contribution < 1.29 is 13.2 Å². The Labute approximate surface area is 112 Å². The van der Waals surface area contributed by atoms with Crippen LogP contribution in [0.15, 0.2) is 12.1 Å². The Morgan fingerprint density at radius 3 is 2.21 bits per heavy atom. The van der Waals surface area contributed by atoms with E-state index in [0.29, 0.717) is 13.0 Å². The smallest absolute Gasteiger partial charge is 0.309 e. The molecule has 0 spiro atoms. The minimum atomic E-state index is -4.14. The molecule has 1 saturated heterocycles. The van der Waals surface area contributed by atoms with Crippen LogP contribution in [0.5, 0.6) is 0 Å². The number of rotatable bonds is 1. The van der Waals surface area contributed by atoms with Gasteiger partial charge in [-0.2, -0.15) is 13.2 Å². The van der Waals surface area contributed by atoms with Crippen molar-refractivity contribution >= 4 is 0 Å². The number of alkyl halides is 3. The summed E-state index contributed by atoms with van der Waals surface area (Å²) in [5, 5.41) is 3.07. The lowest BCUT2D eigenvalue weighted by Crippen LogP contribution is -2.42. The van der Waals surface area contributed by atoms with E-state index in [1.807, 2.05) is 32.9 Å². The van der Waals surface area contributed by atoms with Gasteiger partial charge in [0.25, 0.3) is 0 Å². The highest BCUT2D eigenvalue weighted by atomic mass is 19.4. The van der Waals surface area contributed by atoms with Crippen molar-refractivity contribution in [3.63, 3.8) is 0 Å². The van der Waals surface area contributed by atoms with Crippen LogP contribution in [-0.4, -0.2) is 12.7 Å². The predicted molar refractivity (Wildman–Crippen MR) is 70.2 cm³/mol. The standard InChI is InChI=1S/C15H20F3N/c1-9-7-10(2)13(11(3)8-9)14-12(15(16,17)18)5-4-6-19-14/h7-8,12,14,19H,4-6H2,1-3H3. The van der Waals surface area contributed by atoms with Crippen molar-refractivity contribution in [1.29, 1.82) is 0 Å². The molecular formula is C15H20F3N. The predicted octanol–water partition coefficient (Wildman–Crippen LogP) is 4.21. The molecule has 0 bridgehead atoms. The number of halogens is 3. The molecule has 4 heteroatoms. The lowest BCUT2D eigenvalue weighted by Gasteiger charge is -2.36. The Kier molecular flexibility index (Phi) is 3.90. The first-order chi connectivity index (χ1) is 8.80. The van der Waals surface area contributed by atoms with E-state index in [1.165, 1.54) is 0 Å². The molecule has 2 atom stereocenters. The van der Waals surface area contributed by atoms with Crippen LogP contribution in [0, 0.1) is 26.7 Å². The second-order valence-corrected chi connectivity index (χ2v) is 5.53. The fraction of sp³-hybridized carbons (Fsp3) is 0.600. The van der Waals surface area contributed by atoms with Crippen molar-refractivity contribution in [3.05, 3.63) is 34.4 Å². The van der Waals surface area contributed by atoms with Crippen LogP contribution in [0.4, 0.5) is 13.2 Å². The molecule has 106 valence electrons. The molecule has 19 heavy (non-hydrogen) atoms. The number of piperidine rings is 1. The number of benzene rings is 1. The summed E-state index contributed by atoms with van der Waals surface area (Å²) in [6.45, 7) is 6.43. The van der Waals surface area contributed by atoms with Gasteiger partial charge in [0.05, 0.1) is 5.92 Å². The fourth-order valence-electron chi connectivity index (χ4n) is 3.23. The molecule has 2 rings (SSSR count). The van der Waals surface area contributed by atoms with Crippen LogP contribution in [0.25, 0.3) is 0 Å². The normalized spacial score (nSPS) is 24.5. The second kappa shape index (κ2) is 5.16. The molecule has 1 aromatic rings. The molecular weight excluding hydrogens is 251 g/mol. The van der Waals surface area contributed by atoms with E-state index in [-0.39, 0.29) is 6.42 Å². The third-order valence-electron chi connectivity index (χ3n) is 3.93. The summed E-state index contributed by atoms with van der Waals surface area (Å²) in [5.41, 5.74) is 3.82. The lowest BCUT2D eigenvalue weighted by molar-refractivity contribution is -0.189. The molecule has 0 radical (unpaired) electrons. The highest BCUT2D eigenvalue weighted by Crippen LogP contribution is 2.42. The SMILES string of the molecule is Cc1cc(C)c(C2NCCCC2C(F)(F)F)c(C)c1. The molecule has 0 aliphatic carbocycles. The molecule has 1 fully saturated rings. The molecule has 1 heterocycles. The summed E-state index contributed by atoms with van der Waals surface area (Å²) in [6.07, 6.45) is -3.33. The molecule has 0 aromatic heterocycles. The molecule has 2 unspecified atom stereocenters. The maximum Gasteiger partial charge on any atom is 0.393 e. The first kappa shape index (κ1) is 14.4. The topological polar surface area (TPSA) is 12.0 Å². The van der Waals surface area contributed by atoms with Crippen LogP contribution in [0.2, 0.25) is 0 Å². The van der Waals surface area contributed by atoms with Gasteiger partial charge in [0.15, 0.2) is 0 Å². The quantitative estimate of drug-likeness (QED) is 0.806. The van der Waals surface area contributed by atoms with E-state index in [1.54, 1.807) is 0 Å². The highest BCUT2D eigenvalue weighted by Gasteiger charge is 2.46. The van der Waals surface area contributed by atoms with Gasteiger partial charge in [0, 0.05) is 6.04 Å². The van der Waals surface area contributed by atoms with E-state index < -0.39 is 18.1 Å². The average Bonchev–Trinajstić information content (AvgIpc) is 2.26. The summed E-state index contributed by atoms with van der Waals surface area (Å²) in [4.78, 5) is 0. The summed E-state index contributed by atoms with van der Waals surface area (Å²) in [7, 11) is 0. The zero-order valence-electron chi connectivity index (χ0n) is 11.6. The van der Waals surface area contributed by atoms with Crippen molar-refractivity contribution in [2.45, 2.75) is 45.8 Å². The van der Waals surface area contributed by atoms with Crippen molar-refractivity contribution in [2.75, 3.05) is 6.54 Å². The van der Waals surface area contributed by atoms with E-state index in [4.69, 9.17) is 0 Å². The molecule has 1 aliphatic rings. The van der Waals surface area contributed by atoms with Gasteiger partial charge in [-0.15, -0.1) is 0 Å². The summed E-state index contributed by atoms with van der Waals surface area (Å²) >= 11 is 0. The van der Waals surface area contributed by atoms with Gasteiger partial charge < -0.3 is 5.32 Å². The molecule has 1 aliphatic heterocycles. The monoisotopic (exact) mass is 271 g/mol. The van der Waals surface area contributed by atoms with Crippen LogP contribution in [-0.2, 0) is 0 Å². The van der Waals surface area contributed by atoms with E-state index in [9.17, 15) is 13.2 Å². The van der Waals surface area contributed by atoms with Crippen molar-refractivity contribution in [1.82, 2.24) is 5.32 Å². The van der Waals surface area contributed by atoms with Crippen LogP contribution in [0.1, 0.15) is 41.1 Å². The first-order valence-corrected chi connectivity index (χ1v) is 6.68. The number of hydrogen-bond acceptors (Lipinski definition) is 1. The van der Waals surface area contributed by atoms with Gasteiger partial charge in [-0.3, -0.25) is 0 Å². The maximum atomic E-state index is 13.2. The van der Waals surface area contributed by atoms with Crippen LogP contribution in [0.3, 0.4) is 0 Å². The lowest BCUT2D eigenvalue weighted by atomic mass is 9.82. The molecule has 0 amide bonds. The fourth-order valence-corrected chi connectivity index (χ4v) is 3.23. The van der Waals surface area contributed by atoms with Gasteiger partial charge in [0.1, 0.15) is 0 Å². The Morgan fingerprint density at radius 1 is 1.11 bits per heavy atom. The van der Waals surface area contributed by atoms with Crippen LogP contribution < -0.4 is 5.32 Å². The van der Waals surface area contributed by atoms with Gasteiger partial charge >= 0.3 is 6.18 Å². The van der Waals surface area contributed by atoms with E-state index >= 15 is 0 Å². The molecule has 0 saturated carbocycles. The second-order valence-electron chi connectivity index (χ2n) is 5.53. The number of nitrogens with one attached hydrogen (secondary N) is 1. The Hall–Kier alpha value is -1.03. The van der Waals surface area contributed by atoms with E-state index in [2.05, 4.69) is 5.32 Å². The third kappa shape index (κ3) is 2.94. The Balaban J connectivity index is 2.44. The highest BCUT2D eigenvalue weighted by molar-refractivity contribution is 5.40. The maximum absolute atomic E-state index is 13.2. The van der Waals surface area contributed by atoms with Gasteiger partial charge in [-0.05, 0) is 56.8 Å². The molecule has 1 nitrogen and oxygen atoms in total. The summed E-state index contributed by atoms with van der Waals surface area (Å²) < 4.78 is 39.5. The largest absolute Gasteiger partial charge is 0.393 e. The average molecular weight is 271 g/mol. The first-order valence-electron chi connectivity index (χ1n) is 6.68. The zero-order valence-corrected chi connectivity index (χ0v) is 11.6. The van der Waals surface area contributed by atoms with Crippen molar-refractivity contribution in [2.24, 2.45) is 5.92 Å². The summed E-state index contributed by atoms with van der Waals surface area (Å²) in [6, 6.07) is 3.33. The van der Waals surface area contributed by atoms with Gasteiger partial charge in [-0.1, -0.05) is 17.7 Å². The Morgan fingerprint density at radius 2 is 1.68 bits per heavy atom. The van der Waals surface area contributed by atoms with Gasteiger partial charge in [-0.25, -0.2) is 0 Å². The zero-order chi connectivity index (χ0) is 14.2.